The van der Waals surface area contributed by atoms with Crippen LogP contribution in [0, 0.1) is 5.92 Å². The molecule has 4 atom stereocenters. The van der Waals surface area contributed by atoms with Crippen LogP contribution in [0.5, 0.6) is 0 Å². The topological polar surface area (TPSA) is 50.2 Å². The van der Waals surface area contributed by atoms with Crippen LogP contribution in [0.3, 0.4) is 0 Å². The summed E-state index contributed by atoms with van der Waals surface area (Å²) in [6.45, 7) is 6.58. The van der Waals surface area contributed by atoms with E-state index in [-0.39, 0.29) is 5.92 Å². The van der Waals surface area contributed by atoms with Crippen LogP contribution < -0.4 is 5.32 Å². The molecule has 4 nitrogen and oxygen atoms in total. The Bertz CT molecular complexity index is 3240. The molecule has 0 fully saturated rings. The SMILES string of the molecule is CC1=CCC(C)C(c2ccc(-c3cc(-c4ccccc4)cc(-c4nc(C5=CC(c6ccc(C7CC=CC(C)N7)cc6)CC(C6=CC=CCC6)=C5)cc(-c5cccc(-c6ccccc6)c5)n4)c3)cc2)=N1. The molecule has 4 unspecified atom stereocenters. The van der Waals surface area contributed by atoms with E-state index in [0.29, 0.717) is 23.8 Å². The maximum absolute atomic E-state index is 5.59. The van der Waals surface area contributed by atoms with Gasteiger partial charge in [-0.3, -0.25) is 4.99 Å². The summed E-state index contributed by atoms with van der Waals surface area (Å²) in [7, 11) is 0. The number of aromatic nitrogens is 2. The first-order valence-electron chi connectivity index (χ1n) is 24.8. The number of hydrogen-bond donors (Lipinski definition) is 1. The molecule has 2 aliphatic carbocycles. The maximum Gasteiger partial charge on any atom is 0.160 e. The highest BCUT2D eigenvalue weighted by Gasteiger charge is 2.24. The van der Waals surface area contributed by atoms with Crippen molar-refractivity contribution in [2.75, 3.05) is 0 Å². The van der Waals surface area contributed by atoms with Gasteiger partial charge in [0.15, 0.2) is 5.82 Å². The van der Waals surface area contributed by atoms with Gasteiger partial charge < -0.3 is 5.32 Å². The zero-order valence-corrected chi connectivity index (χ0v) is 39.8. The second-order valence-electron chi connectivity index (χ2n) is 19.2. The lowest BCUT2D eigenvalue weighted by atomic mass is 9.80. The molecule has 6 aromatic carbocycles. The van der Waals surface area contributed by atoms with Crippen LogP contribution in [0.25, 0.3) is 61.6 Å². The van der Waals surface area contributed by atoms with Crippen molar-refractivity contribution in [1.82, 2.24) is 15.3 Å². The van der Waals surface area contributed by atoms with E-state index in [2.05, 4.69) is 232 Å². The molecule has 7 aromatic rings. The Morgan fingerprint density at radius 1 is 0.551 bits per heavy atom. The Balaban J connectivity index is 1.06. The number of nitrogens with zero attached hydrogens (tertiary/aromatic N) is 3. The third-order valence-electron chi connectivity index (χ3n) is 14.2. The summed E-state index contributed by atoms with van der Waals surface area (Å²) in [5, 5.41) is 3.76. The van der Waals surface area contributed by atoms with Crippen molar-refractivity contribution in [3.05, 3.63) is 246 Å². The van der Waals surface area contributed by atoms with Crippen LogP contribution in [-0.4, -0.2) is 21.7 Å². The zero-order chi connectivity index (χ0) is 46.7. The average molecular weight is 895 g/mol. The molecule has 4 aliphatic rings. The highest BCUT2D eigenvalue weighted by molar-refractivity contribution is 6.03. The predicted octanol–water partition coefficient (Wildman–Crippen LogP) is 16.3. The van der Waals surface area contributed by atoms with Crippen LogP contribution in [0.1, 0.15) is 87.2 Å². The molecule has 0 spiro atoms. The van der Waals surface area contributed by atoms with E-state index in [1.807, 2.05) is 0 Å². The van der Waals surface area contributed by atoms with Crippen LogP contribution >= 0.6 is 0 Å². The van der Waals surface area contributed by atoms with E-state index in [1.54, 1.807) is 0 Å². The molecule has 0 radical (unpaired) electrons. The minimum absolute atomic E-state index is 0.181. The first-order chi connectivity index (χ1) is 33.9. The molecular weight excluding hydrogens is 837 g/mol. The lowest BCUT2D eigenvalue weighted by molar-refractivity contribution is 0.485. The van der Waals surface area contributed by atoms with E-state index in [4.69, 9.17) is 15.0 Å². The van der Waals surface area contributed by atoms with Gasteiger partial charge in [0, 0.05) is 40.7 Å². The van der Waals surface area contributed by atoms with Crippen molar-refractivity contribution in [2.45, 2.75) is 70.9 Å². The van der Waals surface area contributed by atoms with Gasteiger partial charge in [-0.25, -0.2) is 9.97 Å². The molecule has 4 heteroatoms. The van der Waals surface area contributed by atoms with Crippen molar-refractivity contribution < 1.29 is 0 Å². The molecular formula is C65H58N4. The van der Waals surface area contributed by atoms with Crippen LogP contribution in [0.15, 0.2) is 228 Å². The molecule has 0 amide bonds. The Morgan fingerprint density at radius 3 is 1.91 bits per heavy atom. The van der Waals surface area contributed by atoms with Gasteiger partial charge in [0.2, 0.25) is 0 Å². The van der Waals surface area contributed by atoms with Gasteiger partial charge in [-0.15, -0.1) is 0 Å². The number of nitrogens with one attached hydrogen (secondary N) is 1. The fourth-order valence-corrected chi connectivity index (χ4v) is 10.4. The minimum atomic E-state index is 0.181. The van der Waals surface area contributed by atoms with Gasteiger partial charge in [0.1, 0.15) is 0 Å². The summed E-state index contributed by atoms with van der Waals surface area (Å²) in [6.07, 6.45) is 23.5. The second-order valence-corrected chi connectivity index (χ2v) is 19.2. The van der Waals surface area contributed by atoms with Gasteiger partial charge >= 0.3 is 0 Å². The largest absolute Gasteiger partial charge is 0.304 e. The van der Waals surface area contributed by atoms with Gasteiger partial charge in [-0.05, 0) is 149 Å². The van der Waals surface area contributed by atoms with Gasteiger partial charge in [0.25, 0.3) is 0 Å². The van der Waals surface area contributed by atoms with E-state index in [0.717, 1.165) is 99.4 Å². The molecule has 0 saturated heterocycles. The molecule has 69 heavy (non-hydrogen) atoms. The highest BCUT2D eigenvalue weighted by atomic mass is 14.9. The number of aliphatic imine (C=N–C) groups is 1. The molecule has 0 bridgehead atoms. The van der Waals surface area contributed by atoms with E-state index >= 15 is 0 Å². The molecule has 11 rings (SSSR count). The molecule has 2 aliphatic heterocycles. The summed E-state index contributed by atoms with van der Waals surface area (Å²) >= 11 is 0. The zero-order valence-electron chi connectivity index (χ0n) is 39.8. The molecule has 0 saturated carbocycles. The molecule has 338 valence electrons. The third-order valence-corrected chi connectivity index (χ3v) is 14.2. The number of allylic oxidation sites excluding steroid dienone is 10. The standard InChI is InChI=1S/C65H58N4/c1-43-25-26-45(3)67-64(43)52-33-29-50(30-34-52)58-37-57(48-20-11-6-12-21-48)40-60(41-58)65-68-62(54-23-14-22-53(35-54)46-16-7-4-8-17-46)42-63(69-65)59-38-55(47-18-9-5-10-19-47)36-56(39-59)49-27-31-51(32-28-49)61-24-13-15-44(2)66-61/h4-9,11-18,20-23,26-35,37-44,56,61,66H,10,19,24-25,36H2,1-3H3. The summed E-state index contributed by atoms with van der Waals surface area (Å²) in [5.41, 5.74) is 20.7. The van der Waals surface area contributed by atoms with Crippen molar-refractivity contribution in [1.29, 1.82) is 0 Å². The van der Waals surface area contributed by atoms with Crippen LogP contribution in [-0.2, 0) is 0 Å². The predicted molar refractivity (Wildman–Crippen MR) is 289 cm³/mol. The van der Waals surface area contributed by atoms with Crippen LogP contribution in [0.4, 0.5) is 0 Å². The van der Waals surface area contributed by atoms with Crippen molar-refractivity contribution in [3.63, 3.8) is 0 Å². The Morgan fingerprint density at radius 2 is 1.19 bits per heavy atom. The van der Waals surface area contributed by atoms with Crippen molar-refractivity contribution in [3.8, 4) is 56.0 Å². The maximum atomic E-state index is 5.59. The Hall–Kier alpha value is -7.53. The third kappa shape index (κ3) is 9.77. The Labute approximate surface area is 408 Å². The molecule has 1 N–H and O–H groups in total. The molecule has 1 aromatic heterocycles. The first kappa shape index (κ1) is 44.0. The summed E-state index contributed by atoms with van der Waals surface area (Å²) in [6, 6.07) is 58.2. The van der Waals surface area contributed by atoms with Gasteiger partial charge in [-0.2, -0.15) is 0 Å². The smallest absolute Gasteiger partial charge is 0.160 e. The fraction of sp³-hybridized carbons (Fsp3) is 0.185. The van der Waals surface area contributed by atoms with E-state index in [9.17, 15) is 0 Å². The molecule has 3 heterocycles. The van der Waals surface area contributed by atoms with E-state index < -0.39 is 0 Å². The van der Waals surface area contributed by atoms with Gasteiger partial charge in [-0.1, -0.05) is 177 Å². The second kappa shape index (κ2) is 19.6. The minimum Gasteiger partial charge on any atom is -0.304 e. The quantitative estimate of drug-likeness (QED) is 0.139. The van der Waals surface area contributed by atoms with Crippen molar-refractivity contribution >= 4 is 11.3 Å². The number of hydrogen-bond acceptors (Lipinski definition) is 4. The normalized spacial score (nSPS) is 20.1. The lowest BCUT2D eigenvalue weighted by Gasteiger charge is -2.27. The highest BCUT2D eigenvalue weighted by Crippen LogP contribution is 2.41. The van der Waals surface area contributed by atoms with Gasteiger partial charge in [0.05, 0.1) is 17.1 Å². The van der Waals surface area contributed by atoms with E-state index in [1.165, 1.54) is 33.4 Å². The number of rotatable bonds is 10. The van der Waals surface area contributed by atoms with Crippen LogP contribution in [0.2, 0.25) is 0 Å². The lowest BCUT2D eigenvalue weighted by Crippen LogP contribution is -2.31. The monoisotopic (exact) mass is 894 g/mol. The summed E-state index contributed by atoms with van der Waals surface area (Å²) in [4.78, 5) is 16.1. The first-order valence-corrected chi connectivity index (χ1v) is 24.8. The average Bonchev–Trinajstić information content (AvgIpc) is 3.42. The summed E-state index contributed by atoms with van der Waals surface area (Å²) < 4.78 is 0. The Kier molecular flexibility index (Phi) is 12.5. The van der Waals surface area contributed by atoms with Crippen molar-refractivity contribution in [2.24, 2.45) is 10.9 Å². The number of benzene rings is 6. The summed E-state index contributed by atoms with van der Waals surface area (Å²) in [5.74, 6) is 1.25. The fourth-order valence-electron chi connectivity index (χ4n) is 10.4.